The lowest BCUT2D eigenvalue weighted by molar-refractivity contribution is -0.144. The van der Waals surface area contributed by atoms with E-state index < -0.39 is 0 Å². The Kier molecular flexibility index (Phi) is 6.92. The van der Waals surface area contributed by atoms with Crippen LogP contribution in [0.25, 0.3) is 0 Å². The Morgan fingerprint density at radius 3 is 2.14 bits per heavy atom. The Morgan fingerprint density at radius 2 is 1.62 bits per heavy atom. The number of benzene rings is 1. The first-order valence-electron chi connectivity index (χ1n) is 7.48. The minimum absolute atomic E-state index is 0.0686. The molecular formula is C17H25NO3. The van der Waals surface area contributed by atoms with E-state index in [9.17, 15) is 9.59 Å². The Bertz CT molecular complexity index is 465. The van der Waals surface area contributed by atoms with Crippen molar-refractivity contribution in [3.05, 3.63) is 35.4 Å². The summed E-state index contributed by atoms with van der Waals surface area (Å²) in [5.41, 5.74) is 2.34. The van der Waals surface area contributed by atoms with E-state index in [0.717, 1.165) is 5.56 Å². The fraction of sp³-hybridized carbons (Fsp3) is 0.529. The van der Waals surface area contributed by atoms with Gasteiger partial charge in [-0.2, -0.15) is 0 Å². The molecule has 1 N–H and O–H groups in total. The van der Waals surface area contributed by atoms with Gasteiger partial charge in [-0.05, 0) is 30.9 Å². The van der Waals surface area contributed by atoms with E-state index in [1.54, 1.807) is 6.92 Å². The van der Waals surface area contributed by atoms with Gasteiger partial charge >= 0.3 is 5.97 Å². The average molecular weight is 291 g/mol. The van der Waals surface area contributed by atoms with Crippen molar-refractivity contribution in [3.8, 4) is 0 Å². The predicted molar refractivity (Wildman–Crippen MR) is 83.0 cm³/mol. The molecule has 0 fully saturated rings. The molecule has 21 heavy (non-hydrogen) atoms. The maximum atomic E-state index is 11.8. The van der Waals surface area contributed by atoms with Gasteiger partial charge in [-0.1, -0.05) is 38.1 Å². The van der Waals surface area contributed by atoms with Crippen molar-refractivity contribution in [2.75, 3.05) is 6.61 Å². The smallest absolute Gasteiger partial charge is 0.306 e. The molecule has 4 nitrogen and oxygen atoms in total. The van der Waals surface area contributed by atoms with Crippen molar-refractivity contribution < 1.29 is 14.3 Å². The Labute approximate surface area is 126 Å². The third-order valence-electron chi connectivity index (χ3n) is 3.34. The highest BCUT2D eigenvalue weighted by atomic mass is 16.5. The summed E-state index contributed by atoms with van der Waals surface area (Å²) in [6, 6.07) is 8.17. The molecule has 1 unspecified atom stereocenters. The van der Waals surface area contributed by atoms with Crippen LogP contribution in [0.1, 0.15) is 63.6 Å². The van der Waals surface area contributed by atoms with Crippen molar-refractivity contribution in [1.29, 1.82) is 0 Å². The monoisotopic (exact) mass is 291 g/mol. The molecule has 0 aliphatic rings. The molecule has 0 aromatic heterocycles. The quantitative estimate of drug-likeness (QED) is 0.784. The normalized spacial score (nSPS) is 12.0. The van der Waals surface area contributed by atoms with E-state index in [-0.39, 0.29) is 30.8 Å². The van der Waals surface area contributed by atoms with Crippen LogP contribution in [0.5, 0.6) is 0 Å². The first kappa shape index (κ1) is 17.2. The lowest BCUT2D eigenvalue weighted by Crippen LogP contribution is -2.27. The molecule has 1 atom stereocenters. The number of carbonyl (C=O) groups is 2. The maximum Gasteiger partial charge on any atom is 0.306 e. The third kappa shape index (κ3) is 5.98. The van der Waals surface area contributed by atoms with Gasteiger partial charge in [0, 0.05) is 6.42 Å². The molecule has 0 aliphatic carbocycles. The summed E-state index contributed by atoms with van der Waals surface area (Å²) < 4.78 is 4.80. The van der Waals surface area contributed by atoms with Crippen molar-refractivity contribution in [1.82, 2.24) is 5.32 Å². The van der Waals surface area contributed by atoms with E-state index in [2.05, 4.69) is 31.3 Å². The molecule has 1 aromatic rings. The summed E-state index contributed by atoms with van der Waals surface area (Å²) in [5.74, 6) is 0.0265. The molecule has 116 valence electrons. The van der Waals surface area contributed by atoms with Crippen molar-refractivity contribution >= 4 is 11.9 Å². The number of esters is 1. The summed E-state index contributed by atoms with van der Waals surface area (Å²) in [6.07, 6.45) is 0.284. The zero-order chi connectivity index (χ0) is 15.8. The Balaban J connectivity index is 2.46. The van der Waals surface area contributed by atoms with E-state index >= 15 is 0 Å². The minimum atomic E-state index is -0.332. The second-order valence-electron chi connectivity index (χ2n) is 5.42. The molecule has 4 heteroatoms. The predicted octanol–water partition coefficient (Wildman–Crippen LogP) is 3.33. The van der Waals surface area contributed by atoms with Crippen molar-refractivity contribution in [2.24, 2.45) is 0 Å². The van der Waals surface area contributed by atoms with Gasteiger partial charge < -0.3 is 10.1 Å². The molecule has 1 aromatic carbocycles. The van der Waals surface area contributed by atoms with Crippen LogP contribution in [-0.4, -0.2) is 18.5 Å². The van der Waals surface area contributed by atoms with Crippen molar-refractivity contribution in [2.45, 2.75) is 52.5 Å². The maximum absolute atomic E-state index is 11.8. The van der Waals surface area contributed by atoms with Crippen LogP contribution in [-0.2, 0) is 14.3 Å². The first-order valence-corrected chi connectivity index (χ1v) is 7.48. The SMILES string of the molecule is CCOC(=O)CCC(=O)NC(C)c1ccc(C(C)C)cc1. The van der Waals surface area contributed by atoms with Gasteiger partial charge in [-0.3, -0.25) is 9.59 Å². The van der Waals surface area contributed by atoms with Crippen LogP contribution in [0.2, 0.25) is 0 Å². The van der Waals surface area contributed by atoms with Crippen LogP contribution >= 0.6 is 0 Å². The topological polar surface area (TPSA) is 55.4 Å². The van der Waals surface area contributed by atoms with Gasteiger partial charge in [-0.25, -0.2) is 0 Å². The molecule has 1 amide bonds. The lowest BCUT2D eigenvalue weighted by atomic mass is 9.99. The summed E-state index contributed by atoms with van der Waals surface area (Å²) in [4.78, 5) is 23.0. The summed E-state index contributed by atoms with van der Waals surface area (Å²) in [5, 5.41) is 2.90. The summed E-state index contributed by atoms with van der Waals surface area (Å²) in [7, 11) is 0. The van der Waals surface area contributed by atoms with E-state index in [4.69, 9.17) is 4.74 Å². The number of nitrogens with one attached hydrogen (secondary N) is 1. The molecule has 0 aliphatic heterocycles. The molecule has 0 spiro atoms. The molecule has 0 bridgehead atoms. The number of carbonyl (C=O) groups excluding carboxylic acids is 2. The van der Waals surface area contributed by atoms with E-state index in [0.29, 0.717) is 12.5 Å². The van der Waals surface area contributed by atoms with Gasteiger partial charge in [0.15, 0.2) is 0 Å². The Hall–Kier alpha value is -1.84. The average Bonchev–Trinajstić information content (AvgIpc) is 2.45. The molecule has 1 rings (SSSR count). The zero-order valence-corrected chi connectivity index (χ0v) is 13.3. The summed E-state index contributed by atoms with van der Waals surface area (Å²) in [6.45, 7) is 8.33. The third-order valence-corrected chi connectivity index (χ3v) is 3.34. The highest BCUT2D eigenvalue weighted by Gasteiger charge is 2.12. The number of hydrogen-bond donors (Lipinski definition) is 1. The molecule has 0 saturated carbocycles. The van der Waals surface area contributed by atoms with Gasteiger partial charge in [0.25, 0.3) is 0 Å². The molecule has 0 saturated heterocycles. The molecule has 0 heterocycles. The fourth-order valence-corrected chi connectivity index (χ4v) is 2.02. The highest BCUT2D eigenvalue weighted by Crippen LogP contribution is 2.18. The van der Waals surface area contributed by atoms with Crippen LogP contribution in [0.15, 0.2) is 24.3 Å². The summed E-state index contributed by atoms with van der Waals surface area (Å²) >= 11 is 0. The first-order chi connectivity index (χ1) is 9.93. The number of ether oxygens (including phenoxy) is 1. The van der Waals surface area contributed by atoms with Gasteiger partial charge in [0.05, 0.1) is 19.1 Å². The zero-order valence-electron chi connectivity index (χ0n) is 13.3. The second-order valence-corrected chi connectivity index (χ2v) is 5.42. The minimum Gasteiger partial charge on any atom is -0.466 e. The van der Waals surface area contributed by atoms with E-state index in [1.807, 2.05) is 19.1 Å². The largest absolute Gasteiger partial charge is 0.466 e. The molecule has 0 radical (unpaired) electrons. The Morgan fingerprint density at radius 1 is 1.05 bits per heavy atom. The number of rotatable bonds is 7. The number of hydrogen-bond acceptors (Lipinski definition) is 3. The highest BCUT2D eigenvalue weighted by molar-refractivity contribution is 5.81. The van der Waals surface area contributed by atoms with Crippen LogP contribution < -0.4 is 5.32 Å². The van der Waals surface area contributed by atoms with Crippen LogP contribution in [0, 0.1) is 0 Å². The van der Waals surface area contributed by atoms with Crippen molar-refractivity contribution in [3.63, 3.8) is 0 Å². The van der Waals surface area contributed by atoms with Gasteiger partial charge in [-0.15, -0.1) is 0 Å². The fourth-order valence-electron chi connectivity index (χ4n) is 2.02. The molecular weight excluding hydrogens is 266 g/mol. The van der Waals surface area contributed by atoms with E-state index in [1.165, 1.54) is 5.56 Å². The van der Waals surface area contributed by atoms with Crippen LogP contribution in [0.3, 0.4) is 0 Å². The lowest BCUT2D eigenvalue weighted by Gasteiger charge is -2.15. The number of amides is 1. The van der Waals surface area contributed by atoms with Crippen LogP contribution in [0.4, 0.5) is 0 Å². The standard InChI is InChI=1S/C17H25NO3/c1-5-21-17(20)11-10-16(19)18-13(4)15-8-6-14(7-9-15)12(2)3/h6-9,12-13H,5,10-11H2,1-4H3,(H,18,19). The van der Waals surface area contributed by atoms with Gasteiger partial charge in [0.2, 0.25) is 5.91 Å². The van der Waals surface area contributed by atoms with Gasteiger partial charge in [0.1, 0.15) is 0 Å². The second kappa shape index (κ2) is 8.45.